The molecule has 0 bridgehead atoms. The standard InChI is InChI=1S/C50H39N3/c1-5-36-13-9-10-18-47(36)45-19-12-20-46(35(45)4)50-52-48(51-49(53-50)43-17-11-16-42(32-43)44-30-33(2)29-34(3)31-44)41-27-25-40(26-28-41)39-23-21-38(22-24-39)37-14-7-6-8-15-37/h1,6-32,36,47H,2-4H3. The molecule has 3 heteroatoms. The van der Waals surface area contributed by atoms with Gasteiger partial charge in [-0.05, 0) is 71.3 Å². The second kappa shape index (κ2) is 14.5. The zero-order chi connectivity index (χ0) is 36.3. The van der Waals surface area contributed by atoms with Crippen LogP contribution in [0.25, 0.3) is 67.5 Å². The molecule has 1 aromatic heterocycles. The first-order valence-electron chi connectivity index (χ1n) is 18.1. The summed E-state index contributed by atoms with van der Waals surface area (Å²) in [6, 6.07) is 49.1. The van der Waals surface area contributed by atoms with E-state index in [-0.39, 0.29) is 11.8 Å². The minimum absolute atomic E-state index is 0.0144. The highest BCUT2D eigenvalue weighted by atomic mass is 15.0. The first kappa shape index (κ1) is 33.5. The highest BCUT2D eigenvalue weighted by molar-refractivity contribution is 5.76. The molecule has 1 heterocycles. The number of nitrogens with zero attached hydrogens (tertiary/aromatic N) is 3. The average Bonchev–Trinajstić information content (AvgIpc) is 3.21. The lowest BCUT2D eigenvalue weighted by Crippen LogP contribution is -2.11. The topological polar surface area (TPSA) is 38.7 Å². The Morgan fingerprint density at radius 3 is 1.64 bits per heavy atom. The van der Waals surface area contributed by atoms with Crippen molar-refractivity contribution in [2.24, 2.45) is 5.92 Å². The molecule has 254 valence electrons. The van der Waals surface area contributed by atoms with Crippen LogP contribution in [0, 0.1) is 39.0 Å². The van der Waals surface area contributed by atoms with E-state index in [9.17, 15) is 0 Å². The van der Waals surface area contributed by atoms with Gasteiger partial charge in [0.15, 0.2) is 17.5 Å². The summed E-state index contributed by atoms with van der Waals surface area (Å²) in [6.07, 6.45) is 14.4. The molecule has 0 spiro atoms. The number of benzene rings is 6. The normalized spacial score (nSPS) is 14.9. The number of aryl methyl sites for hydroxylation is 2. The third-order valence-electron chi connectivity index (χ3n) is 10.1. The Labute approximate surface area is 312 Å². The maximum atomic E-state index is 5.98. The quantitative estimate of drug-likeness (QED) is 0.157. The SMILES string of the molecule is C#CC1C=CC=CC1c1cccc(-c2nc(-c3ccc(-c4ccc(-c5ccccc5)cc4)cc3)nc(-c3cccc(-c4cc(C)cc(C)c4)c3)n2)c1C. The monoisotopic (exact) mass is 681 g/mol. The van der Waals surface area contributed by atoms with E-state index in [1.165, 1.54) is 33.4 Å². The molecule has 1 aliphatic carbocycles. The van der Waals surface area contributed by atoms with Crippen molar-refractivity contribution in [3.63, 3.8) is 0 Å². The molecular weight excluding hydrogens is 643 g/mol. The molecular formula is C50H39N3. The van der Waals surface area contributed by atoms with Gasteiger partial charge in [-0.1, -0.05) is 175 Å². The van der Waals surface area contributed by atoms with Gasteiger partial charge in [-0.2, -0.15) is 0 Å². The Bertz CT molecular complexity index is 2520. The van der Waals surface area contributed by atoms with E-state index in [2.05, 4.69) is 178 Å². The van der Waals surface area contributed by atoms with E-state index in [0.717, 1.165) is 38.9 Å². The second-order valence-electron chi connectivity index (χ2n) is 13.8. The molecule has 0 fully saturated rings. The molecule has 0 saturated carbocycles. The van der Waals surface area contributed by atoms with E-state index in [1.807, 2.05) is 12.1 Å². The summed E-state index contributed by atoms with van der Waals surface area (Å²) >= 11 is 0. The number of terminal acetylenes is 1. The summed E-state index contributed by atoms with van der Waals surface area (Å²) in [5.41, 5.74) is 14.6. The molecule has 1 aliphatic rings. The minimum Gasteiger partial charge on any atom is -0.208 e. The van der Waals surface area contributed by atoms with Crippen LogP contribution in [-0.2, 0) is 0 Å². The van der Waals surface area contributed by atoms with Gasteiger partial charge < -0.3 is 0 Å². The fraction of sp³-hybridized carbons (Fsp3) is 0.100. The largest absolute Gasteiger partial charge is 0.208 e. The average molecular weight is 682 g/mol. The number of hydrogen-bond donors (Lipinski definition) is 0. The van der Waals surface area contributed by atoms with Crippen LogP contribution in [0.15, 0.2) is 164 Å². The van der Waals surface area contributed by atoms with Crippen LogP contribution in [0.3, 0.4) is 0 Å². The van der Waals surface area contributed by atoms with Gasteiger partial charge in [0.2, 0.25) is 0 Å². The van der Waals surface area contributed by atoms with E-state index < -0.39 is 0 Å². The van der Waals surface area contributed by atoms with Crippen molar-refractivity contribution in [2.75, 3.05) is 0 Å². The smallest absolute Gasteiger partial charge is 0.164 e. The molecule has 0 radical (unpaired) electrons. The van der Waals surface area contributed by atoms with Gasteiger partial charge in [0.05, 0.1) is 0 Å². The van der Waals surface area contributed by atoms with Crippen molar-refractivity contribution in [2.45, 2.75) is 26.7 Å². The Morgan fingerprint density at radius 1 is 0.453 bits per heavy atom. The molecule has 8 rings (SSSR count). The van der Waals surface area contributed by atoms with E-state index in [1.54, 1.807) is 0 Å². The molecule has 0 N–H and O–H groups in total. The molecule has 7 aromatic rings. The number of hydrogen-bond acceptors (Lipinski definition) is 3. The molecule has 0 amide bonds. The zero-order valence-corrected chi connectivity index (χ0v) is 30.2. The minimum atomic E-state index is -0.0144. The van der Waals surface area contributed by atoms with Gasteiger partial charge in [0.1, 0.15) is 0 Å². The van der Waals surface area contributed by atoms with Crippen molar-refractivity contribution in [1.29, 1.82) is 0 Å². The van der Waals surface area contributed by atoms with Crippen molar-refractivity contribution in [1.82, 2.24) is 15.0 Å². The number of rotatable bonds is 7. The Kier molecular flexibility index (Phi) is 9.20. The van der Waals surface area contributed by atoms with Crippen molar-refractivity contribution < 1.29 is 0 Å². The summed E-state index contributed by atoms with van der Waals surface area (Å²) < 4.78 is 0. The number of allylic oxidation sites excluding steroid dienone is 4. The van der Waals surface area contributed by atoms with Crippen molar-refractivity contribution in [3.05, 3.63) is 186 Å². The molecule has 6 aromatic carbocycles. The summed E-state index contributed by atoms with van der Waals surface area (Å²) in [5, 5.41) is 0. The lowest BCUT2D eigenvalue weighted by Gasteiger charge is -2.23. The first-order chi connectivity index (χ1) is 25.9. The molecule has 3 nitrogen and oxygen atoms in total. The summed E-state index contributed by atoms with van der Waals surface area (Å²) in [4.78, 5) is 15.4. The lowest BCUT2D eigenvalue weighted by molar-refractivity contribution is 0.717. The highest BCUT2D eigenvalue weighted by Gasteiger charge is 2.23. The van der Waals surface area contributed by atoms with Gasteiger partial charge in [0, 0.05) is 28.5 Å². The highest BCUT2D eigenvalue weighted by Crippen LogP contribution is 2.37. The second-order valence-corrected chi connectivity index (χ2v) is 13.8. The van der Waals surface area contributed by atoms with Crippen LogP contribution in [0.4, 0.5) is 0 Å². The Morgan fingerprint density at radius 2 is 0.981 bits per heavy atom. The van der Waals surface area contributed by atoms with Crippen LogP contribution in [0.5, 0.6) is 0 Å². The molecule has 0 aliphatic heterocycles. The van der Waals surface area contributed by atoms with Gasteiger partial charge in [-0.3, -0.25) is 0 Å². The summed E-state index contributed by atoms with van der Waals surface area (Å²) in [6.45, 7) is 6.42. The predicted octanol–water partition coefficient (Wildman–Crippen LogP) is 12.3. The third-order valence-corrected chi connectivity index (χ3v) is 10.1. The van der Waals surface area contributed by atoms with E-state index in [4.69, 9.17) is 21.4 Å². The first-order valence-corrected chi connectivity index (χ1v) is 18.1. The van der Waals surface area contributed by atoms with Crippen molar-refractivity contribution >= 4 is 0 Å². The fourth-order valence-corrected chi connectivity index (χ4v) is 7.35. The van der Waals surface area contributed by atoms with Crippen LogP contribution < -0.4 is 0 Å². The van der Waals surface area contributed by atoms with Crippen LogP contribution in [0.1, 0.15) is 28.2 Å². The molecule has 2 unspecified atom stereocenters. The van der Waals surface area contributed by atoms with Gasteiger partial charge in [0.25, 0.3) is 0 Å². The van der Waals surface area contributed by atoms with E-state index >= 15 is 0 Å². The zero-order valence-electron chi connectivity index (χ0n) is 30.2. The summed E-state index contributed by atoms with van der Waals surface area (Å²) in [7, 11) is 0. The van der Waals surface area contributed by atoms with Crippen LogP contribution >= 0.6 is 0 Å². The summed E-state index contributed by atoms with van der Waals surface area (Å²) in [5.74, 6) is 4.92. The van der Waals surface area contributed by atoms with Gasteiger partial charge in [-0.25, -0.2) is 15.0 Å². The Balaban J connectivity index is 1.21. The maximum Gasteiger partial charge on any atom is 0.164 e. The van der Waals surface area contributed by atoms with Crippen LogP contribution in [-0.4, -0.2) is 15.0 Å². The molecule has 0 saturated heterocycles. The third kappa shape index (κ3) is 7.01. The van der Waals surface area contributed by atoms with Crippen molar-refractivity contribution in [3.8, 4) is 79.9 Å². The van der Waals surface area contributed by atoms with E-state index in [0.29, 0.717) is 17.5 Å². The fourth-order valence-electron chi connectivity index (χ4n) is 7.35. The molecule has 53 heavy (non-hydrogen) atoms. The predicted molar refractivity (Wildman–Crippen MR) is 220 cm³/mol. The molecule has 2 atom stereocenters. The van der Waals surface area contributed by atoms with Gasteiger partial charge in [-0.15, -0.1) is 6.42 Å². The Hall–Kier alpha value is -6.63. The maximum absolute atomic E-state index is 5.98. The lowest BCUT2D eigenvalue weighted by atomic mass is 9.80. The van der Waals surface area contributed by atoms with Gasteiger partial charge >= 0.3 is 0 Å². The number of aromatic nitrogens is 3. The van der Waals surface area contributed by atoms with Crippen LogP contribution in [0.2, 0.25) is 0 Å².